The summed E-state index contributed by atoms with van der Waals surface area (Å²) >= 11 is 0. The van der Waals surface area contributed by atoms with Gasteiger partial charge in [-0.25, -0.2) is 0 Å². The average Bonchev–Trinajstić information content (AvgIpc) is 2.34. The van der Waals surface area contributed by atoms with E-state index in [4.69, 9.17) is 4.74 Å². The molecule has 112 valence electrons. The monoisotopic (exact) mass is 272 g/mol. The maximum Gasteiger partial charge on any atom is 0.313 e. The van der Waals surface area contributed by atoms with Crippen molar-refractivity contribution >= 4 is 11.9 Å². The van der Waals surface area contributed by atoms with Crippen molar-refractivity contribution in [2.45, 2.75) is 66.9 Å². The summed E-state index contributed by atoms with van der Waals surface area (Å²) < 4.78 is 5.45. The third kappa shape index (κ3) is 3.71. The highest BCUT2D eigenvalue weighted by Gasteiger charge is 2.50. The van der Waals surface area contributed by atoms with E-state index in [1.165, 1.54) is 0 Å². The molecule has 0 aliphatic rings. The zero-order chi connectivity index (χ0) is 15.2. The molecule has 3 atom stereocenters. The quantitative estimate of drug-likeness (QED) is 0.687. The van der Waals surface area contributed by atoms with Crippen LogP contribution in [0.5, 0.6) is 0 Å². The van der Waals surface area contributed by atoms with E-state index in [0.29, 0.717) is 12.8 Å². The van der Waals surface area contributed by atoms with E-state index in [2.05, 4.69) is 0 Å². The first-order valence-electron chi connectivity index (χ1n) is 7.21. The molecule has 0 rings (SSSR count). The lowest BCUT2D eigenvalue weighted by Crippen LogP contribution is -2.47. The fourth-order valence-corrected chi connectivity index (χ4v) is 2.71. The van der Waals surface area contributed by atoms with Crippen LogP contribution in [0.1, 0.15) is 60.8 Å². The number of rotatable bonds is 8. The fourth-order valence-electron chi connectivity index (χ4n) is 2.71. The van der Waals surface area contributed by atoms with Crippen molar-refractivity contribution in [3.05, 3.63) is 0 Å². The van der Waals surface area contributed by atoms with Crippen molar-refractivity contribution in [3.8, 4) is 0 Å². The van der Waals surface area contributed by atoms with E-state index in [0.717, 1.165) is 6.42 Å². The van der Waals surface area contributed by atoms with E-state index >= 15 is 0 Å². The number of carboxylic acids is 1. The van der Waals surface area contributed by atoms with Crippen molar-refractivity contribution in [2.24, 2.45) is 17.3 Å². The smallest absolute Gasteiger partial charge is 0.313 e. The Hall–Kier alpha value is -1.06. The second-order valence-electron chi connectivity index (χ2n) is 5.47. The average molecular weight is 272 g/mol. The molecule has 0 aliphatic heterocycles. The summed E-state index contributed by atoms with van der Waals surface area (Å²) in [4.78, 5) is 24.0. The van der Waals surface area contributed by atoms with E-state index in [9.17, 15) is 14.7 Å². The van der Waals surface area contributed by atoms with Crippen molar-refractivity contribution in [3.63, 3.8) is 0 Å². The molecule has 4 heteroatoms. The van der Waals surface area contributed by atoms with Crippen molar-refractivity contribution in [1.82, 2.24) is 0 Å². The summed E-state index contributed by atoms with van der Waals surface area (Å²) in [6, 6.07) is 0. The molecule has 0 aromatic rings. The van der Waals surface area contributed by atoms with Gasteiger partial charge in [0.25, 0.3) is 0 Å². The van der Waals surface area contributed by atoms with Crippen LogP contribution in [0.4, 0.5) is 0 Å². The Bertz CT molecular complexity index is 311. The maximum absolute atomic E-state index is 12.5. The van der Waals surface area contributed by atoms with Crippen LogP contribution in [0.3, 0.4) is 0 Å². The molecule has 0 aromatic heterocycles. The van der Waals surface area contributed by atoms with Crippen molar-refractivity contribution in [2.75, 3.05) is 0 Å². The third-order valence-corrected chi connectivity index (χ3v) is 4.21. The number of carbonyl (C=O) groups excluding carboxylic acids is 1. The molecule has 4 nitrogen and oxygen atoms in total. The summed E-state index contributed by atoms with van der Waals surface area (Å²) in [5, 5.41) is 9.42. The zero-order valence-corrected chi connectivity index (χ0v) is 13.0. The van der Waals surface area contributed by atoms with Gasteiger partial charge in [-0.3, -0.25) is 9.59 Å². The summed E-state index contributed by atoms with van der Waals surface area (Å²) in [5.74, 6) is -2.06. The van der Waals surface area contributed by atoms with Gasteiger partial charge in [0.05, 0.1) is 17.4 Å². The first-order valence-corrected chi connectivity index (χ1v) is 7.21. The van der Waals surface area contributed by atoms with Crippen molar-refractivity contribution in [1.29, 1.82) is 0 Å². The van der Waals surface area contributed by atoms with Crippen LogP contribution in [0.2, 0.25) is 0 Å². The molecule has 0 aromatic carbocycles. The van der Waals surface area contributed by atoms with Crippen LogP contribution in [-0.2, 0) is 14.3 Å². The Balaban J connectivity index is 5.50. The van der Waals surface area contributed by atoms with Gasteiger partial charge >= 0.3 is 11.9 Å². The number of hydrogen-bond acceptors (Lipinski definition) is 3. The van der Waals surface area contributed by atoms with Gasteiger partial charge in [0.2, 0.25) is 0 Å². The van der Waals surface area contributed by atoms with Crippen LogP contribution < -0.4 is 0 Å². The second-order valence-corrected chi connectivity index (χ2v) is 5.47. The lowest BCUT2D eigenvalue weighted by atomic mass is 9.65. The third-order valence-electron chi connectivity index (χ3n) is 4.21. The van der Waals surface area contributed by atoms with Crippen molar-refractivity contribution < 1.29 is 19.4 Å². The minimum Gasteiger partial charge on any atom is -0.481 e. The van der Waals surface area contributed by atoms with E-state index in [-0.39, 0.29) is 18.0 Å². The molecule has 1 N–H and O–H groups in total. The van der Waals surface area contributed by atoms with Gasteiger partial charge in [-0.2, -0.15) is 0 Å². The zero-order valence-electron chi connectivity index (χ0n) is 13.0. The highest BCUT2D eigenvalue weighted by Crippen LogP contribution is 2.43. The van der Waals surface area contributed by atoms with Crippen LogP contribution >= 0.6 is 0 Å². The molecule has 3 unspecified atom stereocenters. The van der Waals surface area contributed by atoms with Gasteiger partial charge in [0, 0.05) is 0 Å². The molecule has 0 saturated heterocycles. The normalized spacial score (nSPS) is 17.6. The number of carbonyl (C=O) groups is 2. The lowest BCUT2D eigenvalue weighted by molar-refractivity contribution is -0.176. The van der Waals surface area contributed by atoms with Crippen LogP contribution in [0.25, 0.3) is 0 Å². The molecule has 0 radical (unpaired) electrons. The van der Waals surface area contributed by atoms with E-state index in [1.807, 2.05) is 41.5 Å². The fraction of sp³-hybridized carbons (Fsp3) is 0.867. The highest BCUT2D eigenvalue weighted by atomic mass is 16.5. The van der Waals surface area contributed by atoms with Gasteiger partial charge < -0.3 is 9.84 Å². The Morgan fingerprint density at radius 1 is 1.11 bits per heavy atom. The molecule has 19 heavy (non-hydrogen) atoms. The highest BCUT2D eigenvalue weighted by molar-refractivity contribution is 5.85. The molecule has 0 amide bonds. The van der Waals surface area contributed by atoms with Crippen LogP contribution in [0, 0.1) is 17.3 Å². The molecule has 0 fully saturated rings. The SMILES string of the molecule is CCC(C)OC(=O)C(CC)(C(C)C)C(CC)C(=O)O. The van der Waals surface area contributed by atoms with Gasteiger partial charge in [-0.05, 0) is 32.1 Å². The predicted octanol–water partition coefficient (Wildman–Crippen LogP) is 3.49. The summed E-state index contributed by atoms with van der Waals surface area (Å²) in [7, 11) is 0. The number of aliphatic carboxylic acids is 1. The number of hydrogen-bond donors (Lipinski definition) is 1. The molecule has 0 spiro atoms. The Morgan fingerprint density at radius 3 is 1.89 bits per heavy atom. The van der Waals surface area contributed by atoms with E-state index in [1.54, 1.807) is 0 Å². The van der Waals surface area contributed by atoms with Gasteiger partial charge in [0.1, 0.15) is 0 Å². The molecule has 0 heterocycles. The lowest BCUT2D eigenvalue weighted by Gasteiger charge is -2.39. The first-order chi connectivity index (χ1) is 8.77. The number of ether oxygens (including phenoxy) is 1. The minimum absolute atomic E-state index is 0.0740. The van der Waals surface area contributed by atoms with Gasteiger partial charge in [-0.15, -0.1) is 0 Å². The van der Waals surface area contributed by atoms with Gasteiger partial charge in [0.15, 0.2) is 0 Å². The Labute approximate surface area is 116 Å². The first kappa shape index (κ1) is 17.9. The Morgan fingerprint density at radius 2 is 1.63 bits per heavy atom. The maximum atomic E-state index is 12.5. The Kier molecular flexibility index (Phi) is 7.09. The molecular formula is C15H28O4. The largest absolute Gasteiger partial charge is 0.481 e. The summed E-state index contributed by atoms with van der Waals surface area (Å²) in [6.07, 6.45) is 1.46. The summed E-state index contributed by atoms with van der Waals surface area (Å²) in [6.45, 7) is 11.2. The molecule has 0 bridgehead atoms. The number of esters is 1. The standard InChI is InChI=1S/C15H28O4/c1-7-11(6)19-14(18)15(9-3,10(4)5)12(8-2)13(16)17/h10-12H,7-9H2,1-6H3,(H,16,17). The number of carboxylic acid groups (broad SMARTS) is 1. The van der Waals surface area contributed by atoms with E-state index < -0.39 is 17.3 Å². The summed E-state index contributed by atoms with van der Waals surface area (Å²) in [5.41, 5.74) is -0.940. The minimum atomic E-state index is -0.940. The molecule has 0 aliphatic carbocycles. The van der Waals surface area contributed by atoms with Crippen LogP contribution in [-0.4, -0.2) is 23.1 Å². The second kappa shape index (κ2) is 7.51. The van der Waals surface area contributed by atoms with Gasteiger partial charge in [-0.1, -0.05) is 34.6 Å². The molecular weight excluding hydrogens is 244 g/mol. The topological polar surface area (TPSA) is 63.6 Å². The predicted molar refractivity (Wildman–Crippen MR) is 74.8 cm³/mol. The van der Waals surface area contributed by atoms with Crippen LogP contribution in [0.15, 0.2) is 0 Å². The molecule has 0 saturated carbocycles.